The average Bonchev–Trinajstić information content (AvgIpc) is 3.12. The molecule has 1 N–H and O–H groups in total. The predicted molar refractivity (Wildman–Crippen MR) is 104 cm³/mol. The monoisotopic (exact) mass is 376 g/mol. The van der Waals surface area contributed by atoms with E-state index < -0.39 is 0 Å². The molecule has 150 valence electrons. The highest BCUT2D eigenvalue weighted by Crippen LogP contribution is 2.33. The van der Waals surface area contributed by atoms with Crippen LogP contribution in [-0.2, 0) is 11.2 Å². The molecule has 1 atom stereocenters. The highest BCUT2D eigenvalue weighted by Gasteiger charge is 2.27. The molecule has 1 amide bonds. The van der Waals surface area contributed by atoms with Gasteiger partial charge in [-0.3, -0.25) is 0 Å². The fourth-order valence-corrected chi connectivity index (χ4v) is 4.02. The van der Waals surface area contributed by atoms with E-state index in [9.17, 15) is 4.79 Å². The summed E-state index contributed by atoms with van der Waals surface area (Å²) in [5, 5.41) is 3.49. The van der Waals surface area contributed by atoms with Gasteiger partial charge in [0.15, 0.2) is 11.5 Å². The Labute approximate surface area is 162 Å². The number of nitrogens with zero attached hydrogens (tertiary/aromatic N) is 1. The maximum Gasteiger partial charge on any atom is 0.410 e. The third kappa shape index (κ3) is 5.06. The van der Waals surface area contributed by atoms with Crippen molar-refractivity contribution in [1.29, 1.82) is 0 Å². The number of carbonyl (C=O) groups excluding carboxylic acids is 1. The van der Waals surface area contributed by atoms with Crippen LogP contribution >= 0.6 is 0 Å². The van der Waals surface area contributed by atoms with Crippen molar-refractivity contribution in [3.8, 4) is 11.5 Å². The van der Waals surface area contributed by atoms with Gasteiger partial charge in [-0.15, -0.1) is 0 Å². The van der Waals surface area contributed by atoms with Crippen molar-refractivity contribution in [2.75, 3.05) is 19.9 Å². The van der Waals surface area contributed by atoms with Crippen LogP contribution in [0.1, 0.15) is 52.0 Å². The SMILES string of the molecule is CCNC1CCC(OC(=O)N(CC)C(C)Cc2ccc3c(c2)OCO3)CC1. The van der Waals surface area contributed by atoms with E-state index in [1.54, 1.807) is 0 Å². The Kier molecular flexibility index (Phi) is 6.83. The highest BCUT2D eigenvalue weighted by atomic mass is 16.7. The first-order valence-electron chi connectivity index (χ1n) is 10.2. The summed E-state index contributed by atoms with van der Waals surface area (Å²) in [4.78, 5) is 14.5. The van der Waals surface area contributed by atoms with E-state index in [0.29, 0.717) is 12.6 Å². The number of likely N-dealkylation sites (N-methyl/N-ethyl adjacent to an activating group) is 1. The van der Waals surface area contributed by atoms with Crippen LogP contribution in [0.25, 0.3) is 0 Å². The Morgan fingerprint density at radius 2 is 1.96 bits per heavy atom. The molecule has 1 heterocycles. The summed E-state index contributed by atoms with van der Waals surface area (Å²) in [5.41, 5.74) is 1.13. The van der Waals surface area contributed by atoms with Crippen LogP contribution in [-0.4, -0.2) is 49.1 Å². The van der Waals surface area contributed by atoms with Crippen molar-refractivity contribution >= 4 is 6.09 Å². The highest BCUT2D eigenvalue weighted by molar-refractivity contribution is 5.68. The summed E-state index contributed by atoms with van der Waals surface area (Å²) >= 11 is 0. The lowest BCUT2D eigenvalue weighted by Crippen LogP contribution is -2.43. The largest absolute Gasteiger partial charge is 0.454 e. The zero-order chi connectivity index (χ0) is 19.2. The number of amides is 1. The summed E-state index contributed by atoms with van der Waals surface area (Å²) in [7, 11) is 0. The third-order valence-corrected chi connectivity index (χ3v) is 5.51. The molecule has 27 heavy (non-hydrogen) atoms. The quantitative estimate of drug-likeness (QED) is 0.786. The minimum Gasteiger partial charge on any atom is -0.454 e. The van der Waals surface area contributed by atoms with Gasteiger partial charge in [-0.1, -0.05) is 13.0 Å². The molecular formula is C21H32N2O4. The zero-order valence-electron chi connectivity index (χ0n) is 16.7. The Hall–Kier alpha value is -1.95. The van der Waals surface area contributed by atoms with Gasteiger partial charge in [0.05, 0.1) is 0 Å². The molecule has 0 saturated heterocycles. The number of ether oxygens (including phenoxy) is 3. The van der Waals surface area contributed by atoms with E-state index in [2.05, 4.69) is 19.2 Å². The van der Waals surface area contributed by atoms with Crippen LogP contribution in [0.15, 0.2) is 18.2 Å². The molecule has 1 unspecified atom stereocenters. The fraction of sp³-hybridized carbons (Fsp3) is 0.667. The van der Waals surface area contributed by atoms with E-state index in [0.717, 1.165) is 55.7 Å². The molecule has 0 radical (unpaired) electrons. The Morgan fingerprint density at radius 3 is 2.67 bits per heavy atom. The van der Waals surface area contributed by atoms with Gasteiger partial charge in [0.25, 0.3) is 0 Å². The summed E-state index contributed by atoms with van der Waals surface area (Å²) < 4.78 is 16.6. The topological polar surface area (TPSA) is 60.0 Å². The number of benzene rings is 1. The number of nitrogens with one attached hydrogen (secondary N) is 1. The summed E-state index contributed by atoms with van der Waals surface area (Å²) in [6.07, 6.45) is 4.63. The molecule has 6 nitrogen and oxygen atoms in total. The van der Waals surface area contributed by atoms with Crippen LogP contribution < -0.4 is 14.8 Å². The van der Waals surface area contributed by atoms with Gasteiger partial charge < -0.3 is 24.4 Å². The minimum absolute atomic E-state index is 0.0409. The minimum atomic E-state index is -0.197. The molecule has 1 aromatic rings. The lowest BCUT2D eigenvalue weighted by molar-refractivity contribution is 0.0348. The molecule has 0 bridgehead atoms. The van der Waals surface area contributed by atoms with Gasteiger partial charge in [0, 0.05) is 18.6 Å². The normalized spacial score (nSPS) is 22.3. The average molecular weight is 376 g/mol. The zero-order valence-corrected chi connectivity index (χ0v) is 16.7. The molecule has 1 saturated carbocycles. The second-order valence-corrected chi connectivity index (χ2v) is 7.44. The summed E-state index contributed by atoms with van der Waals surface area (Å²) in [6.45, 7) is 8.11. The van der Waals surface area contributed by atoms with Crippen LogP contribution in [0.5, 0.6) is 11.5 Å². The van der Waals surface area contributed by atoms with Crippen LogP contribution in [0.4, 0.5) is 4.79 Å². The molecule has 6 heteroatoms. The standard InChI is InChI=1S/C21H32N2O4/c1-4-22-17-7-9-18(10-8-17)27-21(24)23(5-2)15(3)12-16-6-11-19-20(13-16)26-14-25-19/h6,11,13,15,17-18,22H,4-5,7-10,12,14H2,1-3H3. The van der Waals surface area contributed by atoms with E-state index >= 15 is 0 Å². The van der Waals surface area contributed by atoms with E-state index in [4.69, 9.17) is 14.2 Å². The van der Waals surface area contributed by atoms with E-state index in [1.165, 1.54) is 0 Å². The van der Waals surface area contributed by atoms with Crippen molar-refractivity contribution in [3.63, 3.8) is 0 Å². The van der Waals surface area contributed by atoms with Gasteiger partial charge in [-0.2, -0.15) is 0 Å². The Balaban J connectivity index is 1.52. The molecule has 3 rings (SSSR count). The van der Waals surface area contributed by atoms with Crippen molar-refractivity contribution in [2.24, 2.45) is 0 Å². The van der Waals surface area contributed by atoms with Gasteiger partial charge in [0.2, 0.25) is 6.79 Å². The van der Waals surface area contributed by atoms with Crippen molar-refractivity contribution in [3.05, 3.63) is 23.8 Å². The molecule has 0 aromatic heterocycles. The Bertz CT molecular complexity index is 629. The van der Waals surface area contributed by atoms with Gasteiger partial charge >= 0.3 is 6.09 Å². The first kappa shape index (κ1) is 19.8. The number of rotatable bonds is 7. The lowest BCUT2D eigenvalue weighted by Gasteiger charge is -2.32. The molecule has 1 aromatic carbocycles. The number of hydrogen-bond donors (Lipinski definition) is 1. The third-order valence-electron chi connectivity index (χ3n) is 5.51. The van der Waals surface area contributed by atoms with E-state index in [1.807, 2.05) is 30.0 Å². The first-order valence-corrected chi connectivity index (χ1v) is 10.2. The second-order valence-electron chi connectivity index (χ2n) is 7.44. The second kappa shape index (κ2) is 9.31. The van der Waals surface area contributed by atoms with Crippen molar-refractivity contribution in [2.45, 2.75) is 71.1 Å². The number of carbonyl (C=O) groups is 1. The maximum atomic E-state index is 12.7. The van der Waals surface area contributed by atoms with Gasteiger partial charge in [-0.05, 0) is 70.2 Å². The van der Waals surface area contributed by atoms with Crippen molar-refractivity contribution < 1.29 is 19.0 Å². The van der Waals surface area contributed by atoms with Crippen LogP contribution in [0.3, 0.4) is 0 Å². The smallest absolute Gasteiger partial charge is 0.410 e. The lowest BCUT2D eigenvalue weighted by atomic mass is 9.93. The molecule has 1 fully saturated rings. The molecular weight excluding hydrogens is 344 g/mol. The molecule has 0 spiro atoms. The maximum absolute atomic E-state index is 12.7. The number of hydrogen-bond acceptors (Lipinski definition) is 5. The fourth-order valence-electron chi connectivity index (χ4n) is 4.02. The van der Waals surface area contributed by atoms with Gasteiger partial charge in [0.1, 0.15) is 6.10 Å². The summed E-state index contributed by atoms with van der Waals surface area (Å²) in [5.74, 6) is 1.56. The molecule has 1 aliphatic heterocycles. The first-order chi connectivity index (χ1) is 13.1. The van der Waals surface area contributed by atoms with Crippen LogP contribution in [0.2, 0.25) is 0 Å². The Morgan fingerprint density at radius 1 is 1.22 bits per heavy atom. The summed E-state index contributed by atoms with van der Waals surface area (Å²) in [6, 6.07) is 6.59. The molecule has 1 aliphatic carbocycles. The number of fused-ring (bicyclic) bond motifs is 1. The van der Waals surface area contributed by atoms with Crippen LogP contribution in [0, 0.1) is 0 Å². The predicted octanol–water partition coefficient (Wildman–Crippen LogP) is 3.73. The van der Waals surface area contributed by atoms with Crippen molar-refractivity contribution in [1.82, 2.24) is 10.2 Å². The van der Waals surface area contributed by atoms with Gasteiger partial charge in [-0.25, -0.2) is 4.79 Å². The molecule has 2 aliphatic rings. The van der Waals surface area contributed by atoms with E-state index in [-0.39, 0.29) is 25.0 Å².